The number of allylic oxidation sites excluding steroid dienone is 6. The van der Waals surface area contributed by atoms with Crippen LogP contribution in [-0.2, 0) is 28.6 Å². The van der Waals surface area contributed by atoms with Gasteiger partial charge in [-0.2, -0.15) is 0 Å². The lowest BCUT2D eigenvalue weighted by Gasteiger charge is -2.18. The monoisotopic (exact) mass is 997 g/mol. The molecule has 0 aromatic rings. The minimum atomic E-state index is -0.778. The van der Waals surface area contributed by atoms with Crippen molar-refractivity contribution in [2.75, 3.05) is 13.2 Å². The Morgan fingerprint density at radius 1 is 0.282 bits per heavy atom. The highest BCUT2D eigenvalue weighted by Gasteiger charge is 2.19. The molecule has 0 aromatic heterocycles. The second-order valence-corrected chi connectivity index (χ2v) is 21.4. The summed E-state index contributed by atoms with van der Waals surface area (Å²) in [5.74, 6) is -0.872. The third kappa shape index (κ3) is 58.4. The van der Waals surface area contributed by atoms with Crippen LogP contribution in [0.15, 0.2) is 36.5 Å². The van der Waals surface area contributed by atoms with Crippen LogP contribution in [0.2, 0.25) is 0 Å². The van der Waals surface area contributed by atoms with Crippen LogP contribution in [0.1, 0.15) is 342 Å². The van der Waals surface area contributed by atoms with Crippen LogP contribution in [-0.4, -0.2) is 37.2 Å². The van der Waals surface area contributed by atoms with E-state index in [0.717, 1.165) is 77.0 Å². The van der Waals surface area contributed by atoms with Gasteiger partial charge in [0.2, 0.25) is 0 Å². The smallest absolute Gasteiger partial charge is 0.306 e. The van der Waals surface area contributed by atoms with Crippen LogP contribution in [0.25, 0.3) is 0 Å². The number of carbonyl (C=O) groups excluding carboxylic acids is 3. The predicted octanol–water partition coefficient (Wildman–Crippen LogP) is 21.2. The summed E-state index contributed by atoms with van der Waals surface area (Å²) in [6.45, 7) is 6.67. The third-order valence-corrected chi connectivity index (χ3v) is 14.1. The highest BCUT2D eigenvalue weighted by atomic mass is 16.6. The fourth-order valence-electron chi connectivity index (χ4n) is 9.37. The average Bonchev–Trinajstić information content (AvgIpc) is 3.37. The van der Waals surface area contributed by atoms with Gasteiger partial charge in [-0.3, -0.25) is 14.4 Å². The molecular weight excluding hydrogens is 877 g/mol. The SMILES string of the molecule is CCCCCCCC/C=C\CCCCCCCCCC(=O)OCC(COC(=O)CCCCCCC/C=C\C=C/CCCCCCCCC)OC(=O)CCCCCCCCCCCCCCCCCCCC. The van der Waals surface area contributed by atoms with Gasteiger partial charge in [0.15, 0.2) is 6.10 Å². The highest BCUT2D eigenvalue weighted by Crippen LogP contribution is 2.17. The summed E-state index contributed by atoms with van der Waals surface area (Å²) in [6.07, 6.45) is 72.8. The van der Waals surface area contributed by atoms with Gasteiger partial charge >= 0.3 is 17.9 Å². The number of carbonyl (C=O) groups is 3. The van der Waals surface area contributed by atoms with Crippen molar-refractivity contribution in [1.29, 1.82) is 0 Å². The molecule has 0 aliphatic rings. The summed E-state index contributed by atoms with van der Waals surface area (Å²) in [4.78, 5) is 38.3. The van der Waals surface area contributed by atoms with Crippen LogP contribution >= 0.6 is 0 Å². The molecule has 0 radical (unpaired) electrons. The Bertz CT molecular complexity index is 1190. The number of esters is 3. The summed E-state index contributed by atoms with van der Waals surface area (Å²) in [5.41, 5.74) is 0. The molecule has 6 heteroatoms. The fraction of sp³-hybridized carbons (Fsp3) is 0.862. The van der Waals surface area contributed by atoms with Crippen molar-refractivity contribution < 1.29 is 28.6 Å². The first kappa shape index (κ1) is 68.6. The van der Waals surface area contributed by atoms with Crippen molar-refractivity contribution in [2.24, 2.45) is 0 Å². The molecule has 6 nitrogen and oxygen atoms in total. The van der Waals surface area contributed by atoms with Gasteiger partial charge in [-0.25, -0.2) is 0 Å². The van der Waals surface area contributed by atoms with Crippen LogP contribution in [0.3, 0.4) is 0 Å². The Balaban J connectivity index is 4.37. The summed E-state index contributed by atoms with van der Waals surface area (Å²) in [5, 5.41) is 0. The maximum atomic E-state index is 12.9. The minimum Gasteiger partial charge on any atom is -0.462 e. The molecule has 1 atom stereocenters. The van der Waals surface area contributed by atoms with Crippen LogP contribution in [0, 0.1) is 0 Å². The summed E-state index contributed by atoms with van der Waals surface area (Å²) >= 11 is 0. The van der Waals surface area contributed by atoms with E-state index in [1.54, 1.807) is 0 Å². The molecule has 0 rings (SSSR count). The van der Waals surface area contributed by atoms with Crippen molar-refractivity contribution in [1.82, 2.24) is 0 Å². The summed E-state index contributed by atoms with van der Waals surface area (Å²) < 4.78 is 16.9. The number of hydrogen-bond acceptors (Lipinski definition) is 6. The zero-order valence-electron chi connectivity index (χ0n) is 47.8. The van der Waals surface area contributed by atoms with E-state index in [9.17, 15) is 14.4 Å². The number of rotatable bonds is 58. The van der Waals surface area contributed by atoms with E-state index in [1.807, 2.05) is 0 Å². The topological polar surface area (TPSA) is 78.9 Å². The molecule has 0 N–H and O–H groups in total. The summed E-state index contributed by atoms with van der Waals surface area (Å²) in [6, 6.07) is 0. The minimum absolute atomic E-state index is 0.0756. The van der Waals surface area contributed by atoms with E-state index in [1.165, 1.54) is 225 Å². The zero-order valence-corrected chi connectivity index (χ0v) is 47.8. The molecule has 416 valence electrons. The Morgan fingerprint density at radius 2 is 0.507 bits per heavy atom. The van der Waals surface area contributed by atoms with Crippen molar-refractivity contribution in [3.8, 4) is 0 Å². The van der Waals surface area contributed by atoms with E-state index in [4.69, 9.17) is 14.2 Å². The van der Waals surface area contributed by atoms with E-state index in [0.29, 0.717) is 19.3 Å². The molecule has 0 saturated heterocycles. The van der Waals surface area contributed by atoms with Crippen LogP contribution in [0.5, 0.6) is 0 Å². The molecule has 0 amide bonds. The average molecular weight is 998 g/mol. The number of ether oxygens (including phenoxy) is 3. The first-order chi connectivity index (χ1) is 35.0. The van der Waals surface area contributed by atoms with Gasteiger partial charge in [0.25, 0.3) is 0 Å². The summed E-state index contributed by atoms with van der Waals surface area (Å²) in [7, 11) is 0. The highest BCUT2D eigenvalue weighted by molar-refractivity contribution is 5.71. The molecule has 0 aromatic carbocycles. The molecule has 0 saturated carbocycles. The Hall–Kier alpha value is -2.37. The third-order valence-electron chi connectivity index (χ3n) is 14.1. The Morgan fingerprint density at radius 3 is 0.789 bits per heavy atom. The van der Waals surface area contributed by atoms with Gasteiger partial charge in [-0.15, -0.1) is 0 Å². The Kier molecular flexibility index (Phi) is 58.2. The van der Waals surface area contributed by atoms with Gasteiger partial charge in [0.1, 0.15) is 13.2 Å². The first-order valence-electron chi connectivity index (χ1n) is 31.5. The van der Waals surface area contributed by atoms with Gasteiger partial charge in [-0.1, -0.05) is 288 Å². The second-order valence-electron chi connectivity index (χ2n) is 21.4. The molecular formula is C65H120O6. The molecule has 0 fully saturated rings. The lowest BCUT2D eigenvalue weighted by molar-refractivity contribution is -0.167. The predicted molar refractivity (Wildman–Crippen MR) is 307 cm³/mol. The number of unbranched alkanes of at least 4 members (excludes halogenated alkanes) is 42. The second kappa shape index (κ2) is 60.2. The molecule has 0 bridgehead atoms. The van der Waals surface area contributed by atoms with E-state index in [-0.39, 0.29) is 31.1 Å². The van der Waals surface area contributed by atoms with Crippen molar-refractivity contribution in [3.05, 3.63) is 36.5 Å². The lowest BCUT2D eigenvalue weighted by atomic mass is 10.0. The molecule has 0 aliphatic heterocycles. The van der Waals surface area contributed by atoms with Crippen molar-refractivity contribution in [2.45, 2.75) is 348 Å². The first-order valence-corrected chi connectivity index (χ1v) is 31.5. The van der Waals surface area contributed by atoms with Crippen LogP contribution < -0.4 is 0 Å². The van der Waals surface area contributed by atoms with Crippen molar-refractivity contribution in [3.63, 3.8) is 0 Å². The lowest BCUT2D eigenvalue weighted by Crippen LogP contribution is -2.30. The van der Waals surface area contributed by atoms with E-state index >= 15 is 0 Å². The molecule has 1 unspecified atom stereocenters. The normalized spacial score (nSPS) is 12.2. The van der Waals surface area contributed by atoms with E-state index < -0.39 is 6.10 Å². The van der Waals surface area contributed by atoms with Gasteiger partial charge in [0.05, 0.1) is 0 Å². The maximum Gasteiger partial charge on any atom is 0.306 e. The van der Waals surface area contributed by atoms with Crippen molar-refractivity contribution >= 4 is 17.9 Å². The molecule has 0 heterocycles. The standard InChI is InChI=1S/C65H120O6/c1-4-7-10-13-16-19-22-25-28-31-34-37-40-43-46-49-52-55-58-64(67)70-61-62(60-69-63(66)57-54-51-48-45-42-39-36-33-30-27-24-21-18-15-12-9-6-3)71-65(68)59-56-53-50-47-44-41-38-35-32-29-26-23-20-17-14-11-8-5-2/h27-28,30-31,34,37,62H,4-26,29,32-33,35-36,38-61H2,1-3H3/b30-27-,31-28-,37-34-. The quantitative estimate of drug-likeness (QED) is 0.0199. The van der Waals surface area contributed by atoms with Gasteiger partial charge in [0, 0.05) is 19.3 Å². The Labute approximate surface area is 442 Å². The molecule has 0 aliphatic carbocycles. The largest absolute Gasteiger partial charge is 0.462 e. The van der Waals surface area contributed by atoms with Crippen LogP contribution in [0.4, 0.5) is 0 Å². The van der Waals surface area contributed by atoms with E-state index in [2.05, 4.69) is 57.2 Å². The fourth-order valence-corrected chi connectivity index (χ4v) is 9.37. The van der Waals surface area contributed by atoms with Gasteiger partial charge in [-0.05, 0) is 70.6 Å². The zero-order chi connectivity index (χ0) is 51.4. The number of hydrogen-bond donors (Lipinski definition) is 0. The van der Waals surface area contributed by atoms with Gasteiger partial charge < -0.3 is 14.2 Å². The maximum absolute atomic E-state index is 12.9. The molecule has 0 spiro atoms. The molecule has 71 heavy (non-hydrogen) atoms.